The lowest BCUT2D eigenvalue weighted by Gasteiger charge is -2.04. The van der Waals surface area contributed by atoms with Crippen molar-refractivity contribution in [2.24, 2.45) is 5.41 Å². The van der Waals surface area contributed by atoms with Crippen LogP contribution in [0.1, 0.15) is 0 Å². The molecule has 1 aliphatic carbocycles. The number of nitrogens with two attached hydrogens (primary N) is 1. The van der Waals surface area contributed by atoms with Crippen molar-refractivity contribution < 1.29 is 14.6 Å². The standard InChI is InChI=1S/C11H12FN5O3/c12-7-5(11(7,2-18)3-19)1-17-4-14-6-8(17)15-10(13)16-9(6)20/h1,4,7,18-19H,2-3H2,(H3,13,15,16,20)/b5-1+. The summed E-state index contributed by atoms with van der Waals surface area (Å²) < 4.78 is 15.1. The third-order valence-electron chi connectivity index (χ3n) is 3.54. The van der Waals surface area contributed by atoms with Gasteiger partial charge in [0.25, 0.3) is 5.56 Å². The minimum absolute atomic E-state index is 0.0747. The third-order valence-corrected chi connectivity index (χ3v) is 3.54. The maximum Gasteiger partial charge on any atom is 0.280 e. The molecular weight excluding hydrogens is 269 g/mol. The Hall–Kier alpha value is -2.26. The van der Waals surface area contributed by atoms with Crippen LogP contribution in [-0.2, 0) is 0 Å². The van der Waals surface area contributed by atoms with E-state index in [1.165, 1.54) is 17.1 Å². The number of alkyl halides is 1. The minimum atomic E-state index is -1.44. The van der Waals surface area contributed by atoms with E-state index < -0.39 is 30.4 Å². The van der Waals surface area contributed by atoms with E-state index in [2.05, 4.69) is 15.0 Å². The number of aromatic nitrogens is 4. The van der Waals surface area contributed by atoms with Crippen molar-refractivity contribution in [2.75, 3.05) is 18.9 Å². The molecule has 0 amide bonds. The first-order valence-corrected chi connectivity index (χ1v) is 5.84. The summed E-state index contributed by atoms with van der Waals surface area (Å²) in [5.74, 6) is -0.0779. The second-order valence-corrected chi connectivity index (χ2v) is 4.69. The molecule has 106 valence electrons. The topological polar surface area (TPSA) is 130 Å². The van der Waals surface area contributed by atoms with E-state index in [0.29, 0.717) is 0 Å². The molecule has 0 saturated heterocycles. The van der Waals surface area contributed by atoms with Crippen molar-refractivity contribution in [1.82, 2.24) is 19.5 Å². The Balaban J connectivity index is 2.12. The number of aliphatic hydroxyl groups excluding tert-OH is 2. The van der Waals surface area contributed by atoms with Crippen LogP contribution in [0.4, 0.5) is 10.3 Å². The van der Waals surface area contributed by atoms with E-state index in [9.17, 15) is 19.4 Å². The molecule has 1 aliphatic rings. The van der Waals surface area contributed by atoms with Crippen LogP contribution >= 0.6 is 0 Å². The van der Waals surface area contributed by atoms with Gasteiger partial charge in [0.05, 0.1) is 18.6 Å². The predicted octanol–water partition coefficient (Wildman–Crippen LogP) is -1.13. The Morgan fingerprint density at radius 2 is 2.25 bits per heavy atom. The van der Waals surface area contributed by atoms with Gasteiger partial charge in [0.2, 0.25) is 5.95 Å². The van der Waals surface area contributed by atoms with Gasteiger partial charge in [-0.1, -0.05) is 0 Å². The fraction of sp³-hybridized carbons (Fsp3) is 0.364. The molecule has 2 aromatic rings. The lowest BCUT2D eigenvalue weighted by molar-refractivity contribution is 0.118. The van der Waals surface area contributed by atoms with E-state index in [4.69, 9.17) is 5.73 Å². The molecular formula is C11H12FN5O3. The first-order valence-electron chi connectivity index (χ1n) is 5.84. The Kier molecular flexibility index (Phi) is 2.63. The number of nitrogen functional groups attached to an aromatic ring is 1. The van der Waals surface area contributed by atoms with Gasteiger partial charge in [-0.15, -0.1) is 0 Å². The molecule has 1 unspecified atom stereocenters. The summed E-state index contributed by atoms with van der Waals surface area (Å²) in [6, 6.07) is 0. The predicted molar refractivity (Wildman–Crippen MR) is 68.3 cm³/mol. The fourth-order valence-electron chi connectivity index (χ4n) is 2.18. The van der Waals surface area contributed by atoms with Gasteiger partial charge in [-0.2, -0.15) is 4.98 Å². The normalized spacial score (nSPS) is 22.6. The molecule has 1 saturated carbocycles. The quantitative estimate of drug-likeness (QED) is 0.563. The molecule has 0 radical (unpaired) electrons. The first-order chi connectivity index (χ1) is 9.53. The van der Waals surface area contributed by atoms with E-state index in [-0.39, 0.29) is 22.7 Å². The number of aromatic amines is 1. The van der Waals surface area contributed by atoms with Crippen LogP contribution in [0.2, 0.25) is 0 Å². The van der Waals surface area contributed by atoms with Crippen molar-refractivity contribution in [3.8, 4) is 0 Å². The summed E-state index contributed by atoms with van der Waals surface area (Å²) in [4.78, 5) is 21.7. The minimum Gasteiger partial charge on any atom is -0.395 e. The number of anilines is 1. The van der Waals surface area contributed by atoms with Crippen LogP contribution in [-0.4, -0.2) is 49.1 Å². The number of aliphatic hydroxyl groups is 2. The highest BCUT2D eigenvalue weighted by atomic mass is 19.1. The summed E-state index contributed by atoms with van der Waals surface area (Å²) in [7, 11) is 0. The Bertz CT molecular complexity index is 761. The summed E-state index contributed by atoms with van der Waals surface area (Å²) in [6.07, 6.45) is 1.22. The maximum absolute atomic E-state index is 13.7. The molecule has 1 fully saturated rings. The molecule has 2 heterocycles. The zero-order valence-electron chi connectivity index (χ0n) is 10.2. The van der Waals surface area contributed by atoms with Crippen molar-refractivity contribution in [3.05, 3.63) is 22.3 Å². The molecule has 2 aromatic heterocycles. The second-order valence-electron chi connectivity index (χ2n) is 4.69. The third kappa shape index (κ3) is 1.57. The van der Waals surface area contributed by atoms with E-state index in [1.807, 2.05) is 0 Å². The summed E-state index contributed by atoms with van der Waals surface area (Å²) in [5.41, 5.74) is 4.18. The zero-order chi connectivity index (χ0) is 14.5. The van der Waals surface area contributed by atoms with Crippen LogP contribution in [0.25, 0.3) is 17.4 Å². The highest BCUT2D eigenvalue weighted by molar-refractivity contribution is 5.74. The van der Waals surface area contributed by atoms with E-state index >= 15 is 0 Å². The van der Waals surface area contributed by atoms with Gasteiger partial charge >= 0.3 is 0 Å². The van der Waals surface area contributed by atoms with Crippen LogP contribution in [0.15, 0.2) is 16.7 Å². The number of nitrogens with one attached hydrogen (secondary N) is 1. The number of rotatable bonds is 3. The molecule has 0 bridgehead atoms. The second kappa shape index (κ2) is 4.12. The number of halogens is 1. The molecule has 5 N–H and O–H groups in total. The van der Waals surface area contributed by atoms with Gasteiger partial charge in [0.15, 0.2) is 11.2 Å². The van der Waals surface area contributed by atoms with Crippen molar-refractivity contribution in [1.29, 1.82) is 0 Å². The molecule has 8 nitrogen and oxygen atoms in total. The van der Waals surface area contributed by atoms with Gasteiger partial charge < -0.3 is 15.9 Å². The number of imidazole rings is 1. The Labute approximate surface area is 111 Å². The molecule has 0 aromatic carbocycles. The van der Waals surface area contributed by atoms with Gasteiger partial charge in [-0.05, 0) is 5.57 Å². The van der Waals surface area contributed by atoms with Crippen molar-refractivity contribution in [2.45, 2.75) is 6.17 Å². The van der Waals surface area contributed by atoms with E-state index in [1.54, 1.807) is 0 Å². The zero-order valence-corrected chi connectivity index (χ0v) is 10.2. The van der Waals surface area contributed by atoms with Crippen LogP contribution < -0.4 is 11.3 Å². The van der Waals surface area contributed by atoms with Crippen LogP contribution in [0.5, 0.6) is 0 Å². The summed E-state index contributed by atoms with van der Waals surface area (Å²) in [5, 5.41) is 18.3. The molecule has 0 aliphatic heterocycles. The average Bonchev–Trinajstić information content (AvgIpc) is 2.77. The maximum atomic E-state index is 13.7. The molecule has 0 spiro atoms. The van der Waals surface area contributed by atoms with Crippen LogP contribution in [0, 0.1) is 5.41 Å². The van der Waals surface area contributed by atoms with Crippen molar-refractivity contribution in [3.63, 3.8) is 0 Å². The number of H-pyrrole nitrogens is 1. The van der Waals surface area contributed by atoms with Crippen LogP contribution in [0.3, 0.4) is 0 Å². The lowest BCUT2D eigenvalue weighted by atomic mass is 10.1. The first kappa shape index (κ1) is 12.8. The average molecular weight is 281 g/mol. The molecule has 9 heteroatoms. The Morgan fingerprint density at radius 1 is 1.55 bits per heavy atom. The smallest absolute Gasteiger partial charge is 0.280 e. The van der Waals surface area contributed by atoms with Gasteiger partial charge in [-0.3, -0.25) is 14.3 Å². The van der Waals surface area contributed by atoms with Crippen molar-refractivity contribution >= 4 is 23.3 Å². The largest absolute Gasteiger partial charge is 0.395 e. The number of hydrogen-bond acceptors (Lipinski definition) is 6. The van der Waals surface area contributed by atoms with Gasteiger partial charge in [0.1, 0.15) is 12.5 Å². The highest BCUT2D eigenvalue weighted by Crippen LogP contribution is 2.54. The SMILES string of the molecule is Nc1nc2c(ncn2/C=C2\C(F)C2(CO)CO)c(=O)[nH]1. The fourth-order valence-corrected chi connectivity index (χ4v) is 2.18. The van der Waals surface area contributed by atoms with E-state index in [0.717, 1.165) is 0 Å². The van der Waals surface area contributed by atoms with Gasteiger partial charge in [-0.25, -0.2) is 9.37 Å². The number of hydrogen-bond donors (Lipinski definition) is 4. The summed E-state index contributed by atoms with van der Waals surface area (Å²) >= 11 is 0. The molecule has 20 heavy (non-hydrogen) atoms. The van der Waals surface area contributed by atoms with Gasteiger partial charge in [0, 0.05) is 6.20 Å². The molecule has 3 rings (SSSR count). The highest BCUT2D eigenvalue weighted by Gasteiger charge is 2.61. The number of fused-ring (bicyclic) bond motifs is 1. The number of nitrogens with zero attached hydrogens (tertiary/aromatic N) is 3. The Morgan fingerprint density at radius 3 is 2.85 bits per heavy atom. The summed E-state index contributed by atoms with van der Waals surface area (Å²) in [6.45, 7) is -1.00. The monoisotopic (exact) mass is 281 g/mol. The lowest BCUT2D eigenvalue weighted by Crippen LogP contribution is -2.15. The molecule has 1 atom stereocenters.